The van der Waals surface area contributed by atoms with Gasteiger partial charge < -0.3 is 19.9 Å². The molecule has 6 heteroatoms. The van der Waals surface area contributed by atoms with Crippen molar-refractivity contribution in [1.29, 1.82) is 5.41 Å². The van der Waals surface area contributed by atoms with E-state index < -0.39 is 0 Å². The van der Waals surface area contributed by atoms with Gasteiger partial charge in [-0.15, -0.1) is 0 Å². The van der Waals surface area contributed by atoms with Crippen LogP contribution in [0.15, 0.2) is 12.1 Å². The van der Waals surface area contributed by atoms with Gasteiger partial charge in [0, 0.05) is 25.8 Å². The molecule has 0 amide bonds. The summed E-state index contributed by atoms with van der Waals surface area (Å²) < 4.78 is 15.7. The first-order valence-electron chi connectivity index (χ1n) is 6.16. The van der Waals surface area contributed by atoms with Crippen LogP contribution in [0.4, 0.5) is 0 Å². The molecule has 0 aliphatic rings. The normalized spacial score (nSPS) is 10.4. The Balaban J connectivity index is 2.36. The van der Waals surface area contributed by atoms with Crippen LogP contribution in [0.3, 0.4) is 0 Å². The lowest BCUT2D eigenvalue weighted by atomic mass is 10.2. The van der Waals surface area contributed by atoms with Gasteiger partial charge >= 0.3 is 0 Å². The molecule has 1 aromatic heterocycles. The number of methoxy groups -OCH3 is 1. The summed E-state index contributed by atoms with van der Waals surface area (Å²) in [6.45, 7) is 4.12. The van der Waals surface area contributed by atoms with Gasteiger partial charge in [-0.05, 0) is 19.1 Å². The highest BCUT2D eigenvalue weighted by atomic mass is 16.5. The second-order valence-corrected chi connectivity index (χ2v) is 4.03. The highest BCUT2D eigenvalue weighted by Crippen LogP contribution is 2.15. The van der Waals surface area contributed by atoms with Gasteiger partial charge in [-0.3, -0.25) is 5.41 Å². The van der Waals surface area contributed by atoms with Gasteiger partial charge in [0.15, 0.2) is 0 Å². The van der Waals surface area contributed by atoms with Crippen molar-refractivity contribution < 1.29 is 14.2 Å². The number of rotatable bonds is 9. The van der Waals surface area contributed by atoms with Gasteiger partial charge in [0.2, 0.25) is 5.88 Å². The number of hydrogen-bond donors (Lipinski definition) is 2. The maximum absolute atomic E-state index is 7.46. The summed E-state index contributed by atoms with van der Waals surface area (Å²) >= 11 is 0. The highest BCUT2D eigenvalue weighted by Gasteiger charge is 2.08. The number of aryl methyl sites for hydroxylation is 1. The first-order chi connectivity index (χ1) is 9.15. The van der Waals surface area contributed by atoms with Crippen LogP contribution < -0.4 is 10.5 Å². The Morgan fingerprint density at radius 2 is 2.05 bits per heavy atom. The van der Waals surface area contributed by atoms with Crippen LogP contribution >= 0.6 is 0 Å². The van der Waals surface area contributed by atoms with Gasteiger partial charge in [-0.1, -0.05) is 0 Å². The molecule has 0 saturated heterocycles. The fraction of sp³-hybridized carbons (Fsp3) is 0.538. The topological polar surface area (TPSA) is 90.5 Å². The zero-order valence-electron chi connectivity index (χ0n) is 11.4. The van der Waals surface area contributed by atoms with E-state index in [0.29, 0.717) is 37.9 Å². The fourth-order valence-electron chi connectivity index (χ4n) is 1.42. The van der Waals surface area contributed by atoms with Crippen LogP contribution in [0, 0.1) is 12.3 Å². The Morgan fingerprint density at radius 3 is 2.74 bits per heavy atom. The van der Waals surface area contributed by atoms with E-state index in [4.69, 9.17) is 25.4 Å². The molecule has 19 heavy (non-hydrogen) atoms. The minimum absolute atomic E-state index is 0.0427. The molecule has 0 saturated carbocycles. The van der Waals surface area contributed by atoms with Crippen molar-refractivity contribution in [3.05, 3.63) is 23.4 Å². The van der Waals surface area contributed by atoms with Gasteiger partial charge in [0.05, 0.1) is 25.4 Å². The highest BCUT2D eigenvalue weighted by molar-refractivity contribution is 5.97. The molecule has 1 heterocycles. The van der Waals surface area contributed by atoms with Crippen molar-refractivity contribution in [2.45, 2.75) is 13.3 Å². The van der Waals surface area contributed by atoms with E-state index in [-0.39, 0.29) is 5.84 Å². The second-order valence-electron chi connectivity index (χ2n) is 4.03. The third kappa shape index (κ3) is 5.67. The van der Waals surface area contributed by atoms with Gasteiger partial charge in [0.25, 0.3) is 0 Å². The van der Waals surface area contributed by atoms with Crippen molar-refractivity contribution in [2.24, 2.45) is 5.73 Å². The molecule has 0 aromatic carbocycles. The third-order valence-corrected chi connectivity index (χ3v) is 2.39. The molecular weight excluding hydrogens is 246 g/mol. The van der Waals surface area contributed by atoms with E-state index in [1.807, 2.05) is 6.92 Å². The molecule has 0 atom stereocenters. The zero-order chi connectivity index (χ0) is 14.1. The van der Waals surface area contributed by atoms with Gasteiger partial charge in [-0.2, -0.15) is 0 Å². The van der Waals surface area contributed by atoms with E-state index in [0.717, 1.165) is 12.1 Å². The van der Waals surface area contributed by atoms with Crippen molar-refractivity contribution in [1.82, 2.24) is 4.98 Å². The summed E-state index contributed by atoms with van der Waals surface area (Å²) in [4.78, 5) is 4.24. The molecule has 0 aliphatic heterocycles. The van der Waals surface area contributed by atoms with Gasteiger partial charge in [0.1, 0.15) is 5.84 Å². The van der Waals surface area contributed by atoms with E-state index in [1.165, 1.54) is 0 Å². The Hall–Kier alpha value is -1.66. The summed E-state index contributed by atoms with van der Waals surface area (Å²) in [6.07, 6.45) is 0.747. The summed E-state index contributed by atoms with van der Waals surface area (Å²) in [6, 6.07) is 3.55. The molecule has 1 aromatic rings. The van der Waals surface area contributed by atoms with E-state index in [9.17, 15) is 0 Å². The first-order valence-corrected chi connectivity index (χ1v) is 6.16. The van der Waals surface area contributed by atoms with E-state index in [2.05, 4.69) is 4.98 Å². The molecule has 0 unspecified atom stereocenters. The first kappa shape index (κ1) is 15.4. The minimum atomic E-state index is -0.0427. The zero-order valence-corrected chi connectivity index (χ0v) is 11.4. The van der Waals surface area contributed by atoms with Crippen molar-refractivity contribution in [3.8, 4) is 5.88 Å². The lowest BCUT2D eigenvalue weighted by Gasteiger charge is -2.10. The third-order valence-electron chi connectivity index (χ3n) is 2.39. The van der Waals surface area contributed by atoms with Crippen LogP contribution in [0.5, 0.6) is 5.88 Å². The average Bonchev–Trinajstić information content (AvgIpc) is 2.37. The van der Waals surface area contributed by atoms with Crippen LogP contribution in [0.1, 0.15) is 17.7 Å². The number of amidine groups is 1. The smallest absolute Gasteiger partial charge is 0.224 e. The molecule has 0 bridgehead atoms. The number of nitrogen functional groups attached to an aromatic ring is 1. The average molecular weight is 267 g/mol. The number of hydrogen-bond acceptors (Lipinski definition) is 5. The van der Waals surface area contributed by atoms with Gasteiger partial charge in [-0.25, -0.2) is 4.98 Å². The lowest BCUT2D eigenvalue weighted by molar-refractivity contribution is 0.0642. The molecule has 0 fully saturated rings. The maximum atomic E-state index is 7.46. The molecule has 106 valence electrons. The van der Waals surface area contributed by atoms with Crippen molar-refractivity contribution in [3.63, 3.8) is 0 Å². The molecular formula is C13H21N3O3. The standard InChI is InChI=1S/C13H21N3O3/c1-10-4-5-11(12(14)15)13(16-10)19-7-3-6-18-9-8-17-2/h4-5H,3,6-9H2,1-2H3,(H3,14,15). The Labute approximate surface area is 113 Å². The van der Waals surface area contributed by atoms with E-state index >= 15 is 0 Å². The Kier molecular flexibility index (Phi) is 6.84. The van der Waals surface area contributed by atoms with Crippen LogP contribution in [-0.4, -0.2) is 44.4 Å². The molecule has 1 rings (SSSR count). The number of ether oxygens (including phenoxy) is 3. The largest absolute Gasteiger partial charge is 0.477 e. The number of aromatic nitrogens is 1. The maximum Gasteiger partial charge on any atom is 0.224 e. The van der Waals surface area contributed by atoms with Crippen LogP contribution in [0.25, 0.3) is 0 Å². The number of nitrogens with two attached hydrogens (primary N) is 1. The molecule has 3 N–H and O–H groups in total. The SMILES string of the molecule is COCCOCCCOc1nc(C)ccc1C(=N)N. The lowest BCUT2D eigenvalue weighted by Crippen LogP contribution is -2.15. The Morgan fingerprint density at radius 1 is 1.26 bits per heavy atom. The minimum Gasteiger partial charge on any atom is -0.477 e. The summed E-state index contributed by atoms with van der Waals surface area (Å²) in [5.74, 6) is 0.364. The molecule has 0 aliphatic carbocycles. The van der Waals surface area contributed by atoms with Crippen molar-refractivity contribution in [2.75, 3.05) is 33.5 Å². The monoisotopic (exact) mass is 267 g/mol. The second kappa shape index (κ2) is 8.44. The number of nitrogens with zero attached hydrogens (tertiary/aromatic N) is 1. The van der Waals surface area contributed by atoms with Crippen LogP contribution in [-0.2, 0) is 9.47 Å². The van der Waals surface area contributed by atoms with Crippen LogP contribution in [0.2, 0.25) is 0 Å². The van der Waals surface area contributed by atoms with E-state index in [1.54, 1.807) is 19.2 Å². The molecule has 0 spiro atoms. The quantitative estimate of drug-likeness (QED) is 0.397. The number of nitrogens with one attached hydrogen (secondary N) is 1. The predicted molar refractivity (Wildman–Crippen MR) is 72.8 cm³/mol. The summed E-state index contributed by atoms with van der Waals surface area (Å²) in [7, 11) is 1.64. The molecule has 6 nitrogen and oxygen atoms in total. The Bertz CT molecular complexity index is 410. The summed E-state index contributed by atoms with van der Waals surface area (Å²) in [5.41, 5.74) is 6.82. The van der Waals surface area contributed by atoms with Crippen molar-refractivity contribution >= 4 is 5.84 Å². The molecule has 0 radical (unpaired) electrons. The summed E-state index contributed by atoms with van der Waals surface area (Å²) in [5, 5.41) is 7.46. The fourth-order valence-corrected chi connectivity index (χ4v) is 1.42. The number of pyridine rings is 1. The predicted octanol–water partition coefficient (Wildman–Crippen LogP) is 1.11.